The quantitative estimate of drug-likeness (QED) is 0.441. The van der Waals surface area contributed by atoms with E-state index in [4.69, 9.17) is 0 Å². The van der Waals surface area contributed by atoms with Crippen molar-refractivity contribution in [3.8, 4) is 0 Å². The summed E-state index contributed by atoms with van der Waals surface area (Å²) in [5.41, 5.74) is 0. The van der Waals surface area contributed by atoms with Crippen LogP contribution >= 0.6 is 0 Å². The zero-order valence-electron chi connectivity index (χ0n) is 13.1. The summed E-state index contributed by atoms with van der Waals surface area (Å²) in [4.78, 5) is 49.9. The van der Waals surface area contributed by atoms with E-state index in [1.165, 1.54) is 13.8 Å². The molecule has 0 saturated carbocycles. The number of ketones is 2. The van der Waals surface area contributed by atoms with Gasteiger partial charge in [-0.05, 0) is 33.7 Å². The molecule has 0 aliphatic carbocycles. The highest BCUT2D eigenvalue weighted by Gasteiger charge is 2.28. The van der Waals surface area contributed by atoms with Crippen LogP contribution < -0.4 is 0 Å². The molecule has 14 heteroatoms. The number of aromatic nitrogens is 6. The fourth-order valence-electron chi connectivity index (χ4n) is 1.96. The van der Waals surface area contributed by atoms with E-state index in [0.29, 0.717) is 0 Å². The third kappa shape index (κ3) is 4.24. The lowest BCUT2D eigenvalue weighted by molar-refractivity contribution is -0.394. The van der Waals surface area contributed by atoms with E-state index in [2.05, 4.69) is 20.2 Å². The van der Waals surface area contributed by atoms with Gasteiger partial charge in [0.25, 0.3) is 0 Å². The van der Waals surface area contributed by atoms with Gasteiger partial charge in [0.15, 0.2) is 11.6 Å². The molecule has 0 aromatic carbocycles. The van der Waals surface area contributed by atoms with Crippen LogP contribution in [0.15, 0.2) is 0 Å². The van der Waals surface area contributed by atoms with E-state index < -0.39 is 21.7 Å². The van der Waals surface area contributed by atoms with Gasteiger partial charge in [-0.1, -0.05) is 0 Å². The van der Waals surface area contributed by atoms with Crippen molar-refractivity contribution >= 4 is 23.5 Å². The second-order valence-electron chi connectivity index (χ2n) is 5.07. The van der Waals surface area contributed by atoms with Crippen LogP contribution in [0.2, 0.25) is 0 Å². The first-order chi connectivity index (χ1) is 11.7. The Morgan fingerprint density at radius 1 is 0.880 bits per heavy atom. The molecule has 0 radical (unpaired) electrons. The maximum absolute atomic E-state index is 11.3. The largest absolute Gasteiger partial charge is 0.491 e. The molecule has 132 valence electrons. The topological polar surface area (TPSA) is 182 Å². The van der Waals surface area contributed by atoms with Gasteiger partial charge in [-0.2, -0.15) is 9.36 Å². The Balaban J connectivity index is 2.43. The summed E-state index contributed by atoms with van der Waals surface area (Å²) in [6.45, 7) is 2.00. The molecule has 0 bridgehead atoms. The number of hydrogen-bond donors (Lipinski definition) is 0. The van der Waals surface area contributed by atoms with Gasteiger partial charge in [0.1, 0.15) is 19.5 Å². The van der Waals surface area contributed by atoms with Crippen molar-refractivity contribution in [2.75, 3.05) is 0 Å². The predicted octanol–water partition coefficient (Wildman–Crippen LogP) is -0.545. The Morgan fingerprint density at radius 2 is 1.24 bits per heavy atom. The summed E-state index contributed by atoms with van der Waals surface area (Å²) in [5, 5.41) is 28.9. The maximum Gasteiger partial charge on any atom is 0.491 e. The Hall–Kier alpha value is -3.58. The highest BCUT2D eigenvalue weighted by molar-refractivity contribution is 5.75. The van der Waals surface area contributed by atoms with Crippen LogP contribution in [0, 0.1) is 20.2 Å². The van der Waals surface area contributed by atoms with Crippen LogP contribution in [0.3, 0.4) is 0 Å². The summed E-state index contributed by atoms with van der Waals surface area (Å²) in [5.74, 6) is -2.09. The molecule has 14 nitrogen and oxygen atoms in total. The molecule has 0 aliphatic heterocycles. The zero-order valence-corrected chi connectivity index (χ0v) is 13.1. The van der Waals surface area contributed by atoms with E-state index >= 15 is 0 Å². The van der Waals surface area contributed by atoms with Crippen LogP contribution in [0.25, 0.3) is 0 Å². The molecule has 0 saturated heterocycles. The average Bonchev–Trinajstić information content (AvgIpc) is 3.04. The van der Waals surface area contributed by atoms with Crippen LogP contribution in [0.1, 0.15) is 25.5 Å². The SMILES string of the molecule is CC(=O)Cn1nc([N+](=O)[O-])nc1Cc1nc([N+](=O)[O-])nn1CC(C)=O. The van der Waals surface area contributed by atoms with Gasteiger partial charge in [0.2, 0.25) is 11.6 Å². The molecule has 2 rings (SSSR count). The van der Waals surface area contributed by atoms with Gasteiger partial charge in [-0.15, -0.1) is 0 Å². The number of nitro groups is 2. The fraction of sp³-hybridized carbons (Fsp3) is 0.455. The minimum Gasteiger partial charge on any atom is -0.390 e. The molecule has 0 atom stereocenters. The number of carbonyl (C=O) groups excluding carboxylic acids is 2. The van der Waals surface area contributed by atoms with Crippen molar-refractivity contribution in [3.63, 3.8) is 0 Å². The van der Waals surface area contributed by atoms with Gasteiger partial charge in [0, 0.05) is 10.2 Å². The number of carbonyl (C=O) groups is 2. The molecule has 0 aliphatic rings. The molecule has 2 aromatic heterocycles. The van der Waals surface area contributed by atoms with Crippen molar-refractivity contribution in [1.29, 1.82) is 0 Å². The lowest BCUT2D eigenvalue weighted by Gasteiger charge is -1.98. The standard InChI is InChI=1S/C11H12N8O6/c1-6(20)4-16-8(12-10(14-16)18(22)23)3-9-13-11(19(24)25)15-17(9)5-7(2)21/h3-5H2,1-2H3. The Labute approximate surface area is 138 Å². The minimum absolute atomic E-state index is 0.00556. The third-order valence-electron chi connectivity index (χ3n) is 2.86. The Bertz CT molecular complexity index is 798. The van der Waals surface area contributed by atoms with Crippen molar-refractivity contribution in [1.82, 2.24) is 29.5 Å². The Kier molecular flexibility index (Phi) is 4.90. The minimum atomic E-state index is -0.830. The molecule has 2 aromatic rings. The lowest BCUT2D eigenvalue weighted by atomic mass is 10.3. The smallest absolute Gasteiger partial charge is 0.390 e. The van der Waals surface area contributed by atoms with Gasteiger partial charge in [0.05, 0.1) is 0 Å². The van der Waals surface area contributed by atoms with Crippen LogP contribution in [0.4, 0.5) is 11.9 Å². The van der Waals surface area contributed by atoms with E-state index in [1.54, 1.807) is 0 Å². The molecule has 0 unspecified atom stereocenters. The number of rotatable bonds is 8. The second kappa shape index (κ2) is 6.90. The van der Waals surface area contributed by atoms with E-state index in [0.717, 1.165) is 9.36 Å². The molecular weight excluding hydrogens is 340 g/mol. The Morgan fingerprint density at radius 3 is 1.52 bits per heavy atom. The maximum atomic E-state index is 11.3. The molecule has 2 heterocycles. The van der Waals surface area contributed by atoms with Crippen molar-refractivity contribution < 1.29 is 19.4 Å². The summed E-state index contributed by atoms with van der Waals surface area (Å²) in [7, 11) is 0. The first-order valence-electron chi connectivity index (χ1n) is 6.82. The molecular formula is C11H12N8O6. The number of Topliss-reactive ketones (excluding diaryl/α,β-unsaturated/α-hetero) is 2. The predicted molar refractivity (Wildman–Crippen MR) is 77.5 cm³/mol. The first kappa shape index (κ1) is 17.8. The number of nitrogens with zero attached hydrogens (tertiary/aromatic N) is 8. The monoisotopic (exact) mass is 352 g/mol. The van der Waals surface area contributed by atoms with Crippen LogP contribution in [-0.2, 0) is 29.1 Å². The van der Waals surface area contributed by atoms with E-state index in [1.807, 2.05) is 0 Å². The normalized spacial score (nSPS) is 10.6. The van der Waals surface area contributed by atoms with Gasteiger partial charge < -0.3 is 20.2 Å². The van der Waals surface area contributed by atoms with Gasteiger partial charge >= 0.3 is 11.9 Å². The highest BCUT2D eigenvalue weighted by Crippen LogP contribution is 2.14. The summed E-state index contributed by atoms with van der Waals surface area (Å²) >= 11 is 0. The summed E-state index contributed by atoms with van der Waals surface area (Å²) < 4.78 is 2.03. The van der Waals surface area contributed by atoms with Crippen molar-refractivity contribution in [2.24, 2.45) is 0 Å². The van der Waals surface area contributed by atoms with Crippen LogP contribution in [0.5, 0.6) is 0 Å². The fourth-order valence-corrected chi connectivity index (χ4v) is 1.96. The van der Waals surface area contributed by atoms with Gasteiger partial charge in [-0.25, -0.2) is 0 Å². The number of hydrogen-bond acceptors (Lipinski definition) is 10. The average molecular weight is 352 g/mol. The molecule has 0 fully saturated rings. The van der Waals surface area contributed by atoms with Crippen molar-refractivity contribution in [3.05, 3.63) is 31.9 Å². The van der Waals surface area contributed by atoms with Crippen LogP contribution in [-0.4, -0.2) is 50.9 Å². The molecule has 0 N–H and O–H groups in total. The van der Waals surface area contributed by atoms with E-state index in [-0.39, 0.29) is 42.7 Å². The third-order valence-corrected chi connectivity index (χ3v) is 2.86. The van der Waals surface area contributed by atoms with Crippen molar-refractivity contribution in [2.45, 2.75) is 33.4 Å². The molecule has 0 amide bonds. The molecule has 0 spiro atoms. The second-order valence-corrected chi connectivity index (χ2v) is 5.07. The van der Waals surface area contributed by atoms with Gasteiger partial charge in [-0.3, -0.25) is 9.59 Å². The summed E-state index contributed by atoms with van der Waals surface area (Å²) in [6.07, 6.45) is -0.234. The summed E-state index contributed by atoms with van der Waals surface area (Å²) in [6, 6.07) is 0. The van der Waals surface area contributed by atoms with E-state index in [9.17, 15) is 29.8 Å². The lowest BCUT2D eigenvalue weighted by Crippen LogP contribution is -2.16. The zero-order chi connectivity index (χ0) is 18.7. The first-order valence-corrected chi connectivity index (χ1v) is 6.82. The highest BCUT2D eigenvalue weighted by atomic mass is 16.6. The molecule has 25 heavy (non-hydrogen) atoms.